The number of rotatable bonds is 4. The number of carbonyl (C=O) groups excluding carboxylic acids is 1. The highest BCUT2D eigenvalue weighted by atomic mass is 16.4. The van der Waals surface area contributed by atoms with Crippen molar-refractivity contribution in [3.05, 3.63) is 24.0 Å². The lowest BCUT2D eigenvalue weighted by atomic mass is 9.81. The lowest BCUT2D eigenvalue weighted by Crippen LogP contribution is -2.30. The van der Waals surface area contributed by atoms with Gasteiger partial charge in [0.2, 0.25) is 5.91 Å². The van der Waals surface area contributed by atoms with Gasteiger partial charge >= 0.3 is 5.97 Å². The Morgan fingerprint density at radius 1 is 1.45 bits per heavy atom. The summed E-state index contributed by atoms with van der Waals surface area (Å²) < 4.78 is 0. The fourth-order valence-corrected chi connectivity index (χ4v) is 2.80. The van der Waals surface area contributed by atoms with Crippen LogP contribution in [0, 0.1) is 11.3 Å². The molecule has 1 saturated carbocycles. The van der Waals surface area contributed by atoms with Crippen LogP contribution in [0.1, 0.15) is 38.8 Å². The molecule has 2 rings (SSSR count). The van der Waals surface area contributed by atoms with E-state index in [-0.39, 0.29) is 23.7 Å². The number of nitrogens with zero attached hydrogens (tertiary/aromatic N) is 1. The van der Waals surface area contributed by atoms with Crippen LogP contribution in [-0.2, 0) is 16.0 Å². The van der Waals surface area contributed by atoms with Gasteiger partial charge in [-0.1, -0.05) is 20.3 Å². The molecule has 20 heavy (non-hydrogen) atoms. The molecule has 1 aliphatic carbocycles. The van der Waals surface area contributed by atoms with E-state index >= 15 is 0 Å². The van der Waals surface area contributed by atoms with E-state index in [0.29, 0.717) is 11.4 Å². The summed E-state index contributed by atoms with van der Waals surface area (Å²) in [6, 6.07) is 3.33. The first-order chi connectivity index (χ1) is 9.38. The number of amides is 1. The molecule has 1 unspecified atom stereocenters. The van der Waals surface area contributed by atoms with Crippen LogP contribution in [-0.4, -0.2) is 22.0 Å². The summed E-state index contributed by atoms with van der Waals surface area (Å²) in [5, 5.41) is 11.5. The van der Waals surface area contributed by atoms with Gasteiger partial charge in [-0.2, -0.15) is 0 Å². The number of carbonyl (C=O) groups is 2. The number of hydrogen-bond donors (Lipinski definition) is 2. The molecule has 1 aromatic rings. The molecular weight excluding hydrogens is 256 g/mol. The van der Waals surface area contributed by atoms with Crippen molar-refractivity contribution in [2.24, 2.45) is 11.3 Å². The van der Waals surface area contributed by atoms with Crippen LogP contribution in [0.4, 0.5) is 5.69 Å². The quantitative estimate of drug-likeness (QED) is 0.885. The zero-order valence-corrected chi connectivity index (χ0v) is 11.8. The van der Waals surface area contributed by atoms with Crippen molar-refractivity contribution in [1.29, 1.82) is 0 Å². The molecule has 0 aromatic carbocycles. The average molecular weight is 276 g/mol. The van der Waals surface area contributed by atoms with Gasteiger partial charge in [-0.3, -0.25) is 14.6 Å². The Kier molecular flexibility index (Phi) is 4.06. The Labute approximate surface area is 118 Å². The molecule has 5 heteroatoms. The maximum Gasteiger partial charge on any atom is 0.309 e. The number of aromatic nitrogens is 1. The van der Waals surface area contributed by atoms with Crippen molar-refractivity contribution >= 4 is 17.6 Å². The second-order valence-corrected chi connectivity index (χ2v) is 6.03. The van der Waals surface area contributed by atoms with E-state index in [0.717, 1.165) is 19.3 Å². The second kappa shape index (κ2) is 5.61. The van der Waals surface area contributed by atoms with E-state index in [1.54, 1.807) is 12.1 Å². The summed E-state index contributed by atoms with van der Waals surface area (Å²) in [4.78, 5) is 26.9. The maximum atomic E-state index is 12.3. The molecule has 0 aliphatic heterocycles. The maximum absolute atomic E-state index is 12.3. The molecule has 108 valence electrons. The molecule has 1 amide bonds. The highest BCUT2D eigenvalue weighted by Crippen LogP contribution is 2.42. The molecule has 1 fully saturated rings. The molecule has 0 spiro atoms. The van der Waals surface area contributed by atoms with Gasteiger partial charge in [0.05, 0.1) is 24.0 Å². The highest BCUT2D eigenvalue weighted by Gasteiger charge is 2.39. The van der Waals surface area contributed by atoms with Crippen LogP contribution < -0.4 is 5.32 Å². The zero-order valence-electron chi connectivity index (χ0n) is 11.8. The fraction of sp³-hybridized carbons (Fsp3) is 0.533. The van der Waals surface area contributed by atoms with E-state index in [4.69, 9.17) is 5.11 Å². The van der Waals surface area contributed by atoms with E-state index in [2.05, 4.69) is 24.1 Å². The first-order valence-corrected chi connectivity index (χ1v) is 6.86. The lowest BCUT2D eigenvalue weighted by Gasteiger charge is -2.25. The molecule has 5 nitrogen and oxygen atoms in total. The Morgan fingerprint density at radius 3 is 2.70 bits per heavy atom. The lowest BCUT2D eigenvalue weighted by molar-refractivity contribution is -0.136. The van der Waals surface area contributed by atoms with E-state index in [9.17, 15) is 9.59 Å². The normalized spacial score (nSPS) is 20.6. The number of pyridine rings is 1. The van der Waals surface area contributed by atoms with Crippen molar-refractivity contribution in [2.75, 3.05) is 5.32 Å². The Morgan fingerprint density at radius 2 is 2.20 bits per heavy atom. The van der Waals surface area contributed by atoms with Gasteiger partial charge < -0.3 is 10.4 Å². The van der Waals surface area contributed by atoms with E-state index in [1.165, 1.54) is 6.20 Å². The summed E-state index contributed by atoms with van der Waals surface area (Å²) >= 11 is 0. The molecule has 0 saturated heterocycles. The van der Waals surface area contributed by atoms with Gasteiger partial charge in [0.1, 0.15) is 0 Å². The second-order valence-electron chi connectivity index (χ2n) is 6.03. The largest absolute Gasteiger partial charge is 0.481 e. The predicted molar refractivity (Wildman–Crippen MR) is 75.3 cm³/mol. The fourth-order valence-electron chi connectivity index (χ4n) is 2.80. The van der Waals surface area contributed by atoms with Crippen LogP contribution in [0.25, 0.3) is 0 Å². The van der Waals surface area contributed by atoms with Crippen molar-refractivity contribution in [3.63, 3.8) is 0 Å². The van der Waals surface area contributed by atoms with Crippen LogP contribution in [0.15, 0.2) is 18.3 Å². The standard InChI is InChI=1S/C15H20N2O3/c1-15(2)7-3-4-12(15)14(20)17-11-6-5-10(16-9-11)8-13(18)19/h5-6,9,12H,3-4,7-8H2,1-2H3,(H,17,20)(H,18,19). The molecule has 1 heterocycles. The topological polar surface area (TPSA) is 79.3 Å². The van der Waals surface area contributed by atoms with Gasteiger partial charge in [-0.15, -0.1) is 0 Å². The molecule has 1 aromatic heterocycles. The van der Waals surface area contributed by atoms with Crippen LogP contribution in [0.5, 0.6) is 0 Å². The number of nitrogens with one attached hydrogen (secondary N) is 1. The van der Waals surface area contributed by atoms with Gasteiger partial charge in [0.15, 0.2) is 0 Å². The van der Waals surface area contributed by atoms with Crippen molar-refractivity contribution in [3.8, 4) is 0 Å². The molecule has 0 bridgehead atoms. The third-order valence-corrected chi connectivity index (χ3v) is 4.00. The van der Waals surface area contributed by atoms with E-state index in [1.807, 2.05) is 0 Å². The minimum Gasteiger partial charge on any atom is -0.481 e. The predicted octanol–water partition coefficient (Wildman–Crippen LogP) is 2.47. The molecule has 2 N–H and O–H groups in total. The van der Waals surface area contributed by atoms with Crippen molar-refractivity contribution < 1.29 is 14.7 Å². The third kappa shape index (κ3) is 3.35. The summed E-state index contributed by atoms with van der Waals surface area (Å²) in [5.41, 5.74) is 1.14. The smallest absolute Gasteiger partial charge is 0.309 e. The number of aliphatic carboxylic acids is 1. The van der Waals surface area contributed by atoms with Gasteiger partial charge in [0.25, 0.3) is 0 Å². The Bertz CT molecular complexity index is 508. The minimum absolute atomic E-state index is 0.0280. The number of hydrogen-bond acceptors (Lipinski definition) is 3. The Hall–Kier alpha value is -1.91. The highest BCUT2D eigenvalue weighted by molar-refractivity contribution is 5.93. The molecule has 1 atom stereocenters. The summed E-state index contributed by atoms with van der Waals surface area (Å²) in [5.74, 6) is -0.858. The first-order valence-electron chi connectivity index (χ1n) is 6.86. The van der Waals surface area contributed by atoms with Crippen LogP contribution in [0.3, 0.4) is 0 Å². The minimum atomic E-state index is -0.915. The van der Waals surface area contributed by atoms with E-state index < -0.39 is 5.97 Å². The summed E-state index contributed by atoms with van der Waals surface area (Å²) in [6.07, 6.45) is 4.48. The number of carboxylic acid groups (broad SMARTS) is 1. The number of carboxylic acids is 1. The van der Waals surface area contributed by atoms with Gasteiger partial charge in [-0.05, 0) is 30.4 Å². The average Bonchev–Trinajstić information content (AvgIpc) is 2.71. The summed E-state index contributed by atoms with van der Waals surface area (Å²) in [6.45, 7) is 4.25. The van der Waals surface area contributed by atoms with Gasteiger partial charge in [0, 0.05) is 5.92 Å². The monoisotopic (exact) mass is 276 g/mol. The zero-order chi connectivity index (χ0) is 14.8. The third-order valence-electron chi connectivity index (χ3n) is 4.00. The van der Waals surface area contributed by atoms with Gasteiger partial charge in [-0.25, -0.2) is 0 Å². The first kappa shape index (κ1) is 14.5. The molecule has 0 radical (unpaired) electrons. The number of anilines is 1. The SMILES string of the molecule is CC1(C)CCCC1C(=O)Nc1ccc(CC(=O)O)nc1. The molecule has 1 aliphatic rings. The molecular formula is C15H20N2O3. The summed E-state index contributed by atoms with van der Waals surface area (Å²) in [7, 11) is 0. The Balaban J connectivity index is 1.99. The van der Waals surface area contributed by atoms with Crippen molar-refractivity contribution in [2.45, 2.75) is 39.5 Å². The van der Waals surface area contributed by atoms with Crippen LogP contribution >= 0.6 is 0 Å². The van der Waals surface area contributed by atoms with Crippen LogP contribution in [0.2, 0.25) is 0 Å². The van der Waals surface area contributed by atoms with Crippen molar-refractivity contribution in [1.82, 2.24) is 4.98 Å².